The highest BCUT2D eigenvalue weighted by atomic mass is 16.5. The van der Waals surface area contributed by atoms with Crippen LogP contribution in [0, 0.1) is 5.92 Å². The zero-order valence-corrected chi connectivity index (χ0v) is 12.8. The quantitative estimate of drug-likeness (QED) is 0.841. The Morgan fingerprint density at radius 3 is 2.59 bits per heavy atom. The molecule has 5 heteroatoms. The van der Waals surface area contributed by atoms with Crippen LogP contribution in [0.15, 0.2) is 24.3 Å². The molecule has 2 N–H and O–H groups in total. The summed E-state index contributed by atoms with van der Waals surface area (Å²) in [5.74, 6) is 0.283. The molecule has 1 amide bonds. The second-order valence-corrected chi connectivity index (χ2v) is 6.16. The van der Waals surface area contributed by atoms with Gasteiger partial charge in [0.05, 0.1) is 18.7 Å². The molecule has 0 bridgehead atoms. The first-order valence-electron chi connectivity index (χ1n) is 7.92. The zero-order chi connectivity index (χ0) is 15.5. The van der Waals surface area contributed by atoms with Gasteiger partial charge in [0.1, 0.15) is 0 Å². The number of esters is 1. The molecule has 0 radical (unpaired) electrons. The van der Waals surface area contributed by atoms with Crippen molar-refractivity contribution in [3.05, 3.63) is 29.8 Å². The summed E-state index contributed by atoms with van der Waals surface area (Å²) >= 11 is 0. The third kappa shape index (κ3) is 3.14. The van der Waals surface area contributed by atoms with E-state index in [1.54, 1.807) is 24.3 Å². The van der Waals surface area contributed by atoms with E-state index in [9.17, 15) is 9.59 Å². The SMILES string of the molecule is COC(=O)c1ccc(NC(=O)C2CC3CCCCC3N2)cc1. The van der Waals surface area contributed by atoms with Gasteiger partial charge in [-0.3, -0.25) is 4.79 Å². The molecule has 1 aliphatic heterocycles. The molecule has 1 aromatic carbocycles. The van der Waals surface area contributed by atoms with E-state index >= 15 is 0 Å². The molecular weight excluding hydrogens is 280 g/mol. The lowest BCUT2D eigenvalue weighted by molar-refractivity contribution is -0.117. The van der Waals surface area contributed by atoms with Crippen molar-refractivity contribution in [3.63, 3.8) is 0 Å². The predicted molar refractivity (Wildman–Crippen MR) is 83.7 cm³/mol. The summed E-state index contributed by atoms with van der Waals surface area (Å²) in [5, 5.41) is 6.39. The molecule has 3 unspecified atom stereocenters. The molecule has 1 aliphatic carbocycles. The first kappa shape index (κ1) is 15.0. The average molecular weight is 302 g/mol. The van der Waals surface area contributed by atoms with Gasteiger partial charge < -0.3 is 15.4 Å². The second kappa shape index (κ2) is 6.48. The van der Waals surface area contributed by atoms with E-state index in [0.29, 0.717) is 23.2 Å². The Morgan fingerprint density at radius 1 is 1.18 bits per heavy atom. The van der Waals surface area contributed by atoms with E-state index in [4.69, 9.17) is 0 Å². The summed E-state index contributed by atoms with van der Waals surface area (Å²) in [6.45, 7) is 0. The summed E-state index contributed by atoms with van der Waals surface area (Å²) in [7, 11) is 1.35. The van der Waals surface area contributed by atoms with Gasteiger partial charge in [-0.1, -0.05) is 12.8 Å². The van der Waals surface area contributed by atoms with Gasteiger partial charge in [-0.25, -0.2) is 4.79 Å². The molecule has 2 aliphatic rings. The van der Waals surface area contributed by atoms with Crippen molar-refractivity contribution in [1.29, 1.82) is 0 Å². The van der Waals surface area contributed by atoms with Gasteiger partial charge >= 0.3 is 5.97 Å². The minimum Gasteiger partial charge on any atom is -0.465 e. The number of hydrogen-bond acceptors (Lipinski definition) is 4. The van der Waals surface area contributed by atoms with Gasteiger partial charge in [-0.05, 0) is 49.4 Å². The molecule has 0 aromatic heterocycles. The third-order valence-electron chi connectivity index (χ3n) is 4.75. The van der Waals surface area contributed by atoms with E-state index in [2.05, 4.69) is 15.4 Å². The number of carbonyl (C=O) groups is 2. The Hall–Kier alpha value is -1.88. The number of fused-ring (bicyclic) bond motifs is 1. The minimum atomic E-state index is -0.376. The van der Waals surface area contributed by atoms with E-state index < -0.39 is 0 Å². The van der Waals surface area contributed by atoms with Gasteiger partial charge in [0.2, 0.25) is 5.91 Å². The number of anilines is 1. The number of methoxy groups -OCH3 is 1. The van der Waals surface area contributed by atoms with Crippen molar-refractivity contribution < 1.29 is 14.3 Å². The Morgan fingerprint density at radius 2 is 1.91 bits per heavy atom. The molecule has 1 saturated heterocycles. The fourth-order valence-corrected chi connectivity index (χ4v) is 3.56. The second-order valence-electron chi connectivity index (χ2n) is 6.16. The molecular formula is C17H22N2O3. The summed E-state index contributed by atoms with van der Waals surface area (Å²) < 4.78 is 4.66. The van der Waals surface area contributed by atoms with Crippen molar-refractivity contribution >= 4 is 17.6 Å². The van der Waals surface area contributed by atoms with Crippen molar-refractivity contribution in [1.82, 2.24) is 5.32 Å². The average Bonchev–Trinajstić information content (AvgIpc) is 2.99. The van der Waals surface area contributed by atoms with Crippen LogP contribution in [0.1, 0.15) is 42.5 Å². The summed E-state index contributed by atoms with van der Waals surface area (Å²) in [5.41, 5.74) is 1.18. The number of benzene rings is 1. The summed E-state index contributed by atoms with van der Waals surface area (Å²) in [6.07, 6.45) is 5.89. The number of rotatable bonds is 3. The molecule has 5 nitrogen and oxygen atoms in total. The molecule has 3 atom stereocenters. The van der Waals surface area contributed by atoms with Crippen LogP contribution >= 0.6 is 0 Å². The van der Waals surface area contributed by atoms with E-state index in [1.165, 1.54) is 32.8 Å². The Bertz CT molecular complexity index is 542. The van der Waals surface area contributed by atoms with Crippen LogP contribution in [0.4, 0.5) is 5.69 Å². The van der Waals surface area contributed by atoms with Gasteiger partial charge in [-0.2, -0.15) is 0 Å². The molecule has 2 fully saturated rings. The monoisotopic (exact) mass is 302 g/mol. The maximum absolute atomic E-state index is 12.4. The van der Waals surface area contributed by atoms with Gasteiger partial charge in [0, 0.05) is 11.7 Å². The number of ether oxygens (including phenoxy) is 1. The van der Waals surface area contributed by atoms with Gasteiger partial charge in [0.15, 0.2) is 0 Å². The fraction of sp³-hybridized carbons (Fsp3) is 0.529. The summed E-state index contributed by atoms with van der Waals surface area (Å²) in [4.78, 5) is 23.7. The van der Waals surface area contributed by atoms with Crippen LogP contribution < -0.4 is 10.6 Å². The summed E-state index contributed by atoms with van der Waals surface area (Å²) in [6, 6.07) is 7.17. The first-order chi connectivity index (χ1) is 10.7. The fourth-order valence-electron chi connectivity index (χ4n) is 3.56. The van der Waals surface area contributed by atoms with Crippen LogP contribution in [0.2, 0.25) is 0 Å². The van der Waals surface area contributed by atoms with Crippen LogP contribution in [0.25, 0.3) is 0 Å². The standard InChI is InChI=1S/C17H22N2O3/c1-22-17(21)11-6-8-13(9-7-11)18-16(20)15-10-12-4-2-3-5-14(12)19-15/h6-9,12,14-15,19H,2-5,10H2,1H3,(H,18,20). The Labute approximate surface area is 130 Å². The van der Waals surface area contributed by atoms with Crippen molar-refractivity contribution in [2.24, 2.45) is 5.92 Å². The smallest absolute Gasteiger partial charge is 0.337 e. The Kier molecular flexibility index (Phi) is 4.43. The molecule has 22 heavy (non-hydrogen) atoms. The lowest BCUT2D eigenvalue weighted by Crippen LogP contribution is -2.39. The third-order valence-corrected chi connectivity index (χ3v) is 4.75. The highest BCUT2D eigenvalue weighted by Crippen LogP contribution is 2.33. The number of carbonyl (C=O) groups excluding carboxylic acids is 2. The van der Waals surface area contributed by atoms with Crippen molar-refractivity contribution in [2.75, 3.05) is 12.4 Å². The van der Waals surface area contributed by atoms with Crippen molar-refractivity contribution in [3.8, 4) is 0 Å². The largest absolute Gasteiger partial charge is 0.465 e. The number of nitrogens with one attached hydrogen (secondary N) is 2. The minimum absolute atomic E-state index is 0.0141. The molecule has 1 heterocycles. The molecule has 118 valence electrons. The number of hydrogen-bond donors (Lipinski definition) is 2. The predicted octanol–water partition coefficient (Wildman–Crippen LogP) is 2.33. The Balaban J connectivity index is 1.59. The number of amides is 1. The molecule has 0 spiro atoms. The van der Waals surface area contributed by atoms with Crippen molar-refractivity contribution in [2.45, 2.75) is 44.2 Å². The van der Waals surface area contributed by atoms with Crippen LogP contribution in [-0.4, -0.2) is 31.1 Å². The van der Waals surface area contributed by atoms with E-state index in [1.807, 2.05) is 0 Å². The van der Waals surface area contributed by atoms with Gasteiger partial charge in [-0.15, -0.1) is 0 Å². The molecule has 1 saturated carbocycles. The molecule has 3 rings (SSSR count). The maximum atomic E-state index is 12.4. The first-order valence-corrected chi connectivity index (χ1v) is 7.92. The zero-order valence-electron chi connectivity index (χ0n) is 12.8. The lowest BCUT2D eigenvalue weighted by atomic mass is 9.85. The maximum Gasteiger partial charge on any atom is 0.337 e. The van der Waals surface area contributed by atoms with Crippen LogP contribution in [-0.2, 0) is 9.53 Å². The van der Waals surface area contributed by atoms with Crippen LogP contribution in [0.5, 0.6) is 0 Å². The van der Waals surface area contributed by atoms with Gasteiger partial charge in [0.25, 0.3) is 0 Å². The topological polar surface area (TPSA) is 67.4 Å². The van der Waals surface area contributed by atoms with E-state index in [-0.39, 0.29) is 17.9 Å². The lowest BCUT2D eigenvalue weighted by Gasteiger charge is -2.24. The molecule has 1 aromatic rings. The van der Waals surface area contributed by atoms with E-state index in [0.717, 1.165) is 6.42 Å². The highest BCUT2D eigenvalue weighted by molar-refractivity contribution is 5.96. The normalized spacial score (nSPS) is 27.0. The van der Waals surface area contributed by atoms with Crippen LogP contribution in [0.3, 0.4) is 0 Å². The highest BCUT2D eigenvalue weighted by Gasteiger charge is 2.38.